The highest BCUT2D eigenvalue weighted by atomic mass is 35.5. The standard InChI is InChI=1S/C19H16Cl2N4O2S2/c20-12-4-3-11(15(21)7-12)6-14-9-22-18(29-14)24-16(26)8-13-10-28-19(23-13)25-5-1-2-17(25)27/h3-4,7,9-10H,1-2,5-6,8H2,(H,22,24,26). The van der Waals surface area contributed by atoms with Crippen molar-refractivity contribution in [2.45, 2.75) is 25.7 Å². The Bertz CT molecular complexity index is 1070. The molecule has 1 fully saturated rings. The molecule has 0 atom stereocenters. The normalized spacial score (nSPS) is 13.9. The lowest BCUT2D eigenvalue weighted by atomic mass is 10.1. The van der Waals surface area contributed by atoms with Crippen LogP contribution in [0.4, 0.5) is 10.3 Å². The third-order valence-corrected chi connectivity index (χ3v) is 6.78. The number of nitrogens with zero attached hydrogens (tertiary/aromatic N) is 3. The van der Waals surface area contributed by atoms with Crippen LogP contribution in [0.1, 0.15) is 29.0 Å². The maximum atomic E-state index is 12.3. The molecule has 3 heterocycles. The third kappa shape index (κ3) is 4.95. The zero-order valence-corrected chi connectivity index (χ0v) is 18.3. The number of hydrogen-bond acceptors (Lipinski definition) is 6. The summed E-state index contributed by atoms with van der Waals surface area (Å²) in [6.45, 7) is 0.692. The van der Waals surface area contributed by atoms with Gasteiger partial charge in [0.2, 0.25) is 11.8 Å². The Labute approximate surface area is 185 Å². The molecule has 150 valence electrons. The van der Waals surface area contributed by atoms with Gasteiger partial charge in [-0.3, -0.25) is 14.5 Å². The molecule has 1 aliphatic rings. The molecule has 0 radical (unpaired) electrons. The van der Waals surface area contributed by atoms with E-state index in [0.717, 1.165) is 16.9 Å². The van der Waals surface area contributed by atoms with Crippen molar-refractivity contribution < 1.29 is 9.59 Å². The molecule has 2 amide bonds. The van der Waals surface area contributed by atoms with Crippen LogP contribution in [0.5, 0.6) is 0 Å². The molecule has 0 aliphatic carbocycles. The Kier molecular flexibility index (Phi) is 6.15. The lowest BCUT2D eigenvalue weighted by Crippen LogP contribution is -2.23. The van der Waals surface area contributed by atoms with E-state index in [1.165, 1.54) is 22.7 Å². The Hall–Kier alpha value is -2.00. The van der Waals surface area contributed by atoms with Gasteiger partial charge in [0.1, 0.15) is 0 Å². The number of aromatic nitrogens is 2. The number of anilines is 2. The van der Waals surface area contributed by atoms with E-state index in [0.29, 0.717) is 45.4 Å². The number of carbonyl (C=O) groups is 2. The molecule has 0 bridgehead atoms. The number of rotatable bonds is 6. The number of thiazole rings is 2. The summed E-state index contributed by atoms with van der Waals surface area (Å²) in [7, 11) is 0. The lowest BCUT2D eigenvalue weighted by molar-refractivity contribution is -0.117. The Balaban J connectivity index is 1.34. The molecular formula is C19H16Cl2N4O2S2. The Morgan fingerprint density at radius 3 is 2.93 bits per heavy atom. The highest BCUT2D eigenvalue weighted by molar-refractivity contribution is 7.15. The first-order valence-electron chi connectivity index (χ1n) is 8.91. The smallest absolute Gasteiger partial charge is 0.232 e. The van der Waals surface area contributed by atoms with Gasteiger partial charge >= 0.3 is 0 Å². The van der Waals surface area contributed by atoms with E-state index in [9.17, 15) is 9.59 Å². The number of amides is 2. The maximum Gasteiger partial charge on any atom is 0.232 e. The fourth-order valence-corrected chi connectivity index (χ4v) is 5.17. The predicted octanol–water partition coefficient (Wildman–Crippen LogP) is 4.81. The zero-order valence-electron chi connectivity index (χ0n) is 15.2. The fraction of sp³-hybridized carbons (Fsp3) is 0.263. The van der Waals surface area contributed by atoms with E-state index >= 15 is 0 Å². The van der Waals surface area contributed by atoms with Crippen LogP contribution >= 0.6 is 45.9 Å². The summed E-state index contributed by atoms with van der Waals surface area (Å²) in [5.74, 6) is -0.105. The van der Waals surface area contributed by atoms with E-state index in [1.807, 2.05) is 11.4 Å². The van der Waals surface area contributed by atoms with Gasteiger partial charge in [-0.05, 0) is 24.1 Å². The minimum atomic E-state index is -0.194. The first-order valence-corrected chi connectivity index (χ1v) is 11.4. The van der Waals surface area contributed by atoms with Crippen molar-refractivity contribution in [3.8, 4) is 0 Å². The highest BCUT2D eigenvalue weighted by Crippen LogP contribution is 2.28. The molecule has 10 heteroatoms. The van der Waals surface area contributed by atoms with Crippen LogP contribution in [-0.4, -0.2) is 28.3 Å². The van der Waals surface area contributed by atoms with Crippen LogP contribution < -0.4 is 10.2 Å². The van der Waals surface area contributed by atoms with Crippen LogP contribution in [0.25, 0.3) is 0 Å². The lowest BCUT2D eigenvalue weighted by Gasteiger charge is -2.10. The van der Waals surface area contributed by atoms with Crippen molar-refractivity contribution in [1.82, 2.24) is 9.97 Å². The molecule has 1 aromatic carbocycles. The van der Waals surface area contributed by atoms with Crippen LogP contribution in [0, 0.1) is 0 Å². The molecule has 4 rings (SSSR count). The van der Waals surface area contributed by atoms with Gasteiger partial charge in [-0.2, -0.15) is 0 Å². The minimum absolute atomic E-state index is 0.0893. The Morgan fingerprint density at radius 2 is 2.17 bits per heavy atom. The van der Waals surface area contributed by atoms with Crippen molar-refractivity contribution >= 4 is 68.0 Å². The minimum Gasteiger partial charge on any atom is -0.302 e. The largest absolute Gasteiger partial charge is 0.302 e. The predicted molar refractivity (Wildman–Crippen MR) is 117 cm³/mol. The number of carbonyl (C=O) groups excluding carboxylic acids is 2. The summed E-state index contributed by atoms with van der Waals surface area (Å²) in [4.78, 5) is 35.5. The molecule has 3 aromatic rings. The molecule has 1 saturated heterocycles. The number of halogens is 2. The zero-order chi connectivity index (χ0) is 20.4. The van der Waals surface area contributed by atoms with Crippen LogP contribution in [0.15, 0.2) is 29.8 Å². The molecule has 6 nitrogen and oxygen atoms in total. The maximum absolute atomic E-state index is 12.3. The van der Waals surface area contributed by atoms with Crippen LogP contribution in [0.3, 0.4) is 0 Å². The Morgan fingerprint density at radius 1 is 1.31 bits per heavy atom. The molecule has 0 saturated carbocycles. The van der Waals surface area contributed by atoms with E-state index < -0.39 is 0 Å². The van der Waals surface area contributed by atoms with E-state index in [1.54, 1.807) is 23.2 Å². The van der Waals surface area contributed by atoms with Gasteiger partial charge in [0.05, 0.1) is 12.1 Å². The summed E-state index contributed by atoms with van der Waals surface area (Å²) in [5, 5.41) is 7.01. The highest BCUT2D eigenvalue weighted by Gasteiger charge is 2.24. The summed E-state index contributed by atoms with van der Waals surface area (Å²) >= 11 is 14.9. The third-order valence-electron chi connectivity index (χ3n) is 4.37. The molecular weight excluding hydrogens is 451 g/mol. The average molecular weight is 467 g/mol. The first kappa shape index (κ1) is 20.3. The van der Waals surface area contributed by atoms with Gasteiger partial charge in [-0.1, -0.05) is 29.3 Å². The average Bonchev–Trinajstić information content (AvgIpc) is 3.39. The number of benzene rings is 1. The summed E-state index contributed by atoms with van der Waals surface area (Å²) in [6, 6.07) is 5.39. The van der Waals surface area contributed by atoms with E-state index in [-0.39, 0.29) is 18.2 Å². The van der Waals surface area contributed by atoms with Gasteiger partial charge in [0.15, 0.2) is 10.3 Å². The number of nitrogens with one attached hydrogen (secondary N) is 1. The monoisotopic (exact) mass is 466 g/mol. The molecule has 29 heavy (non-hydrogen) atoms. The van der Waals surface area contributed by atoms with Crippen LogP contribution in [-0.2, 0) is 22.4 Å². The van der Waals surface area contributed by atoms with Gasteiger partial charge in [-0.15, -0.1) is 22.7 Å². The molecule has 1 N–H and O–H groups in total. The summed E-state index contributed by atoms with van der Waals surface area (Å²) < 4.78 is 0. The van der Waals surface area contributed by atoms with Gasteiger partial charge < -0.3 is 5.32 Å². The quantitative estimate of drug-likeness (QED) is 0.565. The fourth-order valence-electron chi connectivity index (χ4n) is 2.98. The molecule has 2 aromatic heterocycles. The topological polar surface area (TPSA) is 75.2 Å². The van der Waals surface area contributed by atoms with Crippen molar-refractivity contribution in [2.75, 3.05) is 16.8 Å². The second kappa shape index (κ2) is 8.79. The van der Waals surface area contributed by atoms with Crippen molar-refractivity contribution in [3.05, 3.63) is 56.0 Å². The second-order valence-corrected chi connectivity index (χ2v) is 9.33. The van der Waals surface area contributed by atoms with Gasteiger partial charge in [0.25, 0.3) is 0 Å². The van der Waals surface area contributed by atoms with Gasteiger partial charge in [0, 0.05) is 45.9 Å². The molecule has 1 aliphatic heterocycles. The number of hydrogen-bond donors (Lipinski definition) is 1. The van der Waals surface area contributed by atoms with E-state index in [2.05, 4.69) is 15.3 Å². The van der Waals surface area contributed by atoms with Crippen molar-refractivity contribution in [3.63, 3.8) is 0 Å². The molecule has 0 unspecified atom stereocenters. The second-order valence-electron chi connectivity index (χ2n) is 6.54. The first-order chi connectivity index (χ1) is 14.0. The van der Waals surface area contributed by atoms with Crippen LogP contribution in [0.2, 0.25) is 10.0 Å². The summed E-state index contributed by atoms with van der Waals surface area (Å²) in [6.07, 6.45) is 3.88. The summed E-state index contributed by atoms with van der Waals surface area (Å²) in [5.41, 5.74) is 1.59. The van der Waals surface area contributed by atoms with Crippen molar-refractivity contribution in [1.29, 1.82) is 0 Å². The van der Waals surface area contributed by atoms with Gasteiger partial charge in [-0.25, -0.2) is 9.97 Å². The van der Waals surface area contributed by atoms with Crippen molar-refractivity contribution in [2.24, 2.45) is 0 Å². The molecule has 0 spiro atoms. The van der Waals surface area contributed by atoms with E-state index in [4.69, 9.17) is 23.2 Å². The SMILES string of the molecule is O=C(Cc1csc(N2CCCC2=O)n1)Nc1ncc(Cc2ccc(Cl)cc2Cl)s1.